The summed E-state index contributed by atoms with van der Waals surface area (Å²) in [5.74, 6) is -2.09. The highest BCUT2D eigenvalue weighted by Crippen LogP contribution is 2.28. The molecule has 0 atom stereocenters. The normalized spacial score (nSPS) is 10.6. The number of nitrogens with one attached hydrogen (secondary N) is 1. The lowest BCUT2D eigenvalue weighted by Crippen LogP contribution is -2.17. The van der Waals surface area contributed by atoms with Gasteiger partial charge in [0.05, 0.1) is 22.9 Å². The number of carboxylic acid groups (broad SMARTS) is 1. The first-order valence-electron chi connectivity index (χ1n) is 9.32. The number of carbonyl (C=O) groups excluding carboxylic acids is 1. The van der Waals surface area contributed by atoms with E-state index >= 15 is 0 Å². The van der Waals surface area contributed by atoms with Crippen LogP contribution >= 0.6 is 0 Å². The Morgan fingerprint density at radius 1 is 1.06 bits per heavy atom. The Balaban J connectivity index is 1.72. The molecular formula is C24H16FN3O3. The number of aromatic nitrogens is 1. The number of nitriles is 1. The van der Waals surface area contributed by atoms with Gasteiger partial charge in [-0.15, -0.1) is 0 Å². The van der Waals surface area contributed by atoms with E-state index in [9.17, 15) is 19.1 Å². The van der Waals surface area contributed by atoms with E-state index in [2.05, 4.69) is 5.32 Å². The van der Waals surface area contributed by atoms with Crippen molar-refractivity contribution in [3.63, 3.8) is 0 Å². The van der Waals surface area contributed by atoms with Crippen molar-refractivity contribution in [3.8, 4) is 17.2 Å². The van der Waals surface area contributed by atoms with Crippen molar-refractivity contribution in [1.29, 1.82) is 5.26 Å². The molecule has 7 heteroatoms. The van der Waals surface area contributed by atoms with E-state index < -0.39 is 11.9 Å². The summed E-state index contributed by atoms with van der Waals surface area (Å²) in [6.45, 7) is 0. The number of nitrogens with zero attached hydrogens (tertiary/aromatic N) is 2. The van der Waals surface area contributed by atoms with Gasteiger partial charge in [0.2, 0.25) is 0 Å². The van der Waals surface area contributed by atoms with Crippen LogP contribution in [0.1, 0.15) is 26.4 Å². The molecule has 6 nitrogen and oxygen atoms in total. The van der Waals surface area contributed by atoms with E-state index in [4.69, 9.17) is 5.26 Å². The summed E-state index contributed by atoms with van der Waals surface area (Å²) >= 11 is 0. The smallest absolute Gasteiger partial charge is 0.337 e. The zero-order valence-electron chi connectivity index (χ0n) is 16.4. The fourth-order valence-electron chi connectivity index (χ4n) is 3.50. The summed E-state index contributed by atoms with van der Waals surface area (Å²) in [6, 6.07) is 19.4. The second-order valence-corrected chi connectivity index (χ2v) is 6.97. The highest BCUT2D eigenvalue weighted by Gasteiger charge is 2.18. The van der Waals surface area contributed by atoms with Crippen LogP contribution in [0.3, 0.4) is 0 Å². The molecule has 0 fully saturated rings. The minimum atomic E-state index is -1.25. The summed E-state index contributed by atoms with van der Waals surface area (Å²) in [5, 5.41) is 21.8. The number of halogens is 1. The van der Waals surface area contributed by atoms with Crippen molar-refractivity contribution in [1.82, 2.24) is 4.57 Å². The number of benzene rings is 3. The van der Waals surface area contributed by atoms with Crippen molar-refractivity contribution in [2.45, 2.75) is 0 Å². The van der Waals surface area contributed by atoms with E-state index in [1.54, 1.807) is 54.1 Å². The largest absolute Gasteiger partial charge is 0.478 e. The molecule has 4 rings (SSSR count). The lowest BCUT2D eigenvalue weighted by Gasteiger charge is -2.10. The number of hydrogen-bond acceptors (Lipinski definition) is 3. The van der Waals surface area contributed by atoms with E-state index in [1.807, 2.05) is 6.07 Å². The first kappa shape index (κ1) is 19.9. The highest BCUT2D eigenvalue weighted by atomic mass is 19.1. The van der Waals surface area contributed by atoms with Gasteiger partial charge >= 0.3 is 5.97 Å². The molecule has 0 bridgehead atoms. The van der Waals surface area contributed by atoms with Gasteiger partial charge in [-0.25, -0.2) is 9.18 Å². The maximum Gasteiger partial charge on any atom is 0.337 e. The van der Waals surface area contributed by atoms with Gasteiger partial charge in [0, 0.05) is 23.5 Å². The molecular weight excluding hydrogens is 397 g/mol. The number of anilines is 1. The first-order chi connectivity index (χ1) is 14.9. The maximum absolute atomic E-state index is 14.2. The Hall–Kier alpha value is -4.44. The summed E-state index contributed by atoms with van der Waals surface area (Å²) in [7, 11) is 1.71. The van der Waals surface area contributed by atoms with Gasteiger partial charge < -0.3 is 15.0 Å². The summed E-state index contributed by atoms with van der Waals surface area (Å²) in [4.78, 5) is 24.4. The van der Waals surface area contributed by atoms with Crippen LogP contribution in [0.25, 0.3) is 22.0 Å². The number of hydrogen-bond donors (Lipinski definition) is 2. The molecule has 4 aromatic rings. The summed E-state index contributed by atoms with van der Waals surface area (Å²) in [5.41, 5.74) is 2.27. The lowest BCUT2D eigenvalue weighted by molar-refractivity contribution is 0.0698. The zero-order valence-corrected chi connectivity index (χ0v) is 16.4. The molecule has 0 saturated heterocycles. The van der Waals surface area contributed by atoms with E-state index in [0.29, 0.717) is 16.8 Å². The number of aromatic carboxylic acids is 1. The Morgan fingerprint density at radius 3 is 2.55 bits per heavy atom. The van der Waals surface area contributed by atoms with Crippen molar-refractivity contribution in [2.24, 2.45) is 7.05 Å². The zero-order chi connectivity index (χ0) is 22.1. The van der Waals surface area contributed by atoms with Gasteiger partial charge in [0.25, 0.3) is 5.91 Å². The van der Waals surface area contributed by atoms with Crippen LogP contribution in [0, 0.1) is 17.1 Å². The molecule has 0 radical (unpaired) electrons. The van der Waals surface area contributed by atoms with Crippen molar-refractivity contribution >= 4 is 28.5 Å². The number of aryl methyl sites for hydroxylation is 1. The predicted octanol–water partition coefficient (Wildman–Crippen LogP) is 4.81. The third kappa shape index (κ3) is 3.63. The van der Waals surface area contributed by atoms with Gasteiger partial charge in [-0.2, -0.15) is 5.26 Å². The van der Waals surface area contributed by atoms with Crippen LogP contribution in [0.2, 0.25) is 0 Å². The molecule has 1 aromatic heterocycles. The van der Waals surface area contributed by atoms with Gasteiger partial charge in [0.1, 0.15) is 11.5 Å². The minimum Gasteiger partial charge on any atom is -0.478 e. The molecule has 152 valence electrons. The number of amides is 1. The Kier molecular flexibility index (Phi) is 4.97. The first-order valence-corrected chi connectivity index (χ1v) is 9.32. The SMILES string of the molecule is Cn1c(C(=O)Nc2ccc(C#N)cc2C(=O)O)cc2ccc(-c3ccccc3F)cc21. The Morgan fingerprint density at radius 2 is 1.84 bits per heavy atom. The quantitative estimate of drug-likeness (QED) is 0.502. The molecule has 0 aliphatic rings. The standard InChI is InChI=1S/C24H16FN3O3/c1-28-21-11-15(17-4-2-3-5-19(17)25)7-8-16(21)12-22(28)23(29)27-20-9-6-14(13-26)10-18(20)24(30)31/h2-12H,1H3,(H,27,29)(H,30,31). The van der Waals surface area contributed by atoms with Crippen LogP contribution in [-0.4, -0.2) is 21.6 Å². The van der Waals surface area contributed by atoms with E-state index in [0.717, 1.165) is 10.9 Å². The fraction of sp³-hybridized carbons (Fsp3) is 0.0417. The van der Waals surface area contributed by atoms with Gasteiger partial charge in [-0.3, -0.25) is 4.79 Å². The molecule has 31 heavy (non-hydrogen) atoms. The average Bonchev–Trinajstić information content (AvgIpc) is 3.10. The average molecular weight is 413 g/mol. The summed E-state index contributed by atoms with van der Waals surface area (Å²) < 4.78 is 15.8. The van der Waals surface area contributed by atoms with Crippen molar-refractivity contribution in [2.75, 3.05) is 5.32 Å². The van der Waals surface area contributed by atoms with Gasteiger partial charge in [0.15, 0.2) is 0 Å². The van der Waals surface area contributed by atoms with Crippen LogP contribution in [0.4, 0.5) is 10.1 Å². The second-order valence-electron chi connectivity index (χ2n) is 6.97. The third-order valence-electron chi connectivity index (χ3n) is 5.09. The number of carboxylic acids is 1. The highest BCUT2D eigenvalue weighted by molar-refractivity contribution is 6.09. The van der Waals surface area contributed by atoms with Crippen LogP contribution < -0.4 is 5.32 Å². The predicted molar refractivity (Wildman–Crippen MR) is 114 cm³/mol. The Bertz CT molecular complexity index is 1400. The topological polar surface area (TPSA) is 95.1 Å². The molecule has 3 aromatic carbocycles. The molecule has 1 heterocycles. The van der Waals surface area contributed by atoms with Gasteiger partial charge in [-0.05, 0) is 42.0 Å². The molecule has 0 aliphatic heterocycles. The third-order valence-corrected chi connectivity index (χ3v) is 5.09. The van der Waals surface area contributed by atoms with Crippen molar-refractivity contribution in [3.05, 3.63) is 89.4 Å². The molecule has 1 amide bonds. The van der Waals surface area contributed by atoms with E-state index in [-0.39, 0.29) is 22.6 Å². The minimum absolute atomic E-state index is 0.0915. The number of rotatable bonds is 4. The number of fused-ring (bicyclic) bond motifs is 1. The molecule has 0 aliphatic carbocycles. The molecule has 0 unspecified atom stereocenters. The van der Waals surface area contributed by atoms with Crippen LogP contribution in [0.5, 0.6) is 0 Å². The summed E-state index contributed by atoms with van der Waals surface area (Å²) in [6.07, 6.45) is 0. The van der Waals surface area contributed by atoms with E-state index in [1.165, 1.54) is 24.3 Å². The van der Waals surface area contributed by atoms with Crippen LogP contribution in [0.15, 0.2) is 66.7 Å². The molecule has 0 spiro atoms. The van der Waals surface area contributed by atoms with Gasteiger partial charge in [-0.1, -0.05) is 30.3 Å². The fourth-order valence-corrected chi connectivity index (χ4v) is 3.50. The second kappa shape index (κ2) is 7.76. The van der Waals surface area contributed by atoms with Crippen LogP contribution in [-0.2, 0) is 7.05 Å². The monoisotopic (exact) mass is 413 g/mol. The molecule has 0 saturated carbocycles. The maximum atomic E-state index is 14.2. The Labute approximate surface area is 176 Å². The molecule has 2 N–H and O–H groups in total. The number of carbonyl (C=O) groups is 2. The van der Waals surface area contributed by atoms with Crippen molar-refractivity contribution < 1.29 is 19.1 Å². The lowest BCUT2D eigenvalue weighted by atomic mass is 10.0.